The van der Waals surface area contributed by atoms with Gasteiger partial charge < -0.3 is 10.6 Å². The second kappa shape index (κ2) is 7.08. The van der Waals surface area contributed by atoms with E-state index in [1.807, 2.05) is 18.2 Å². The van der Waals surface area contributed by atoms with E-state index in [1.165, 1.54) is 5.56 Å². The molecule has 3 heteroatoms. The van der Waals surface area contributed by atoms with Crippen molar-refractivity contribution in [3.8, 4) is 0 Å². The predicted molar refractivity (Wildman–Crippen MR) is 87.0 cm³/mol. The van der Waals surface area contributed by atoms with Crippen LogP contribution in [0.15, 0.2) is 30.3 Å². The highest BCUT2D eigenvalue weighted by atomic mass is 16.2. The van der Waals surface area contributed by atoms with Gasteiger partial charge in [-0.3, -0.25) is 4.79 Å². The van der Waals surface area contributed by atoms with Crippen LogP contribution in [-0.4, -0.2) is 19.0 Å². The Kier molecular flexibility index (Phi) is 5.40. The summed E-state index contributed by atoms with van der Waals surface area (Å²) in [4.78, 5) is 12.8. The summed E-state index contributed by atoms with van der Waals surface area (Å²) in [5, 5.41) is 6.67. The van der Waals surface area contributed by atoms with Crippen molar-refractivity contribution in [2.24, 2.45) is 11.3 Å². The fourth-order valence-electron chi connectivity index (χ4n) is 3.10. The van der Waals surface area contributed by atoms with Gasteiger partial charge in [0.1, 0.15) is 0 Å². The minimum atomic E-state index is -0.324. The van der Waals surface area contributed by atoms with Gasteiger partial charge >= 0.3 is 0 Å². The highest BCUT2D eigenvalue weighted by Gasteiger charge is 2.37. The van der Waals surface area contributed by atoms with Gasteiger partial charge in [0.25, 0.3) is 0 Å². The number of amides is 1. The lowest BCUT2D eigenvalue weighted by molar-refractivity contribution is -0.133. The van der Waals surface area contributed by atoms with Gasteiger partial charge in [-0.15, -0.1) is 0 Å². The summed E-state index contributed by atoms with van der Waals surface area (Å²) in [6, 6.07) is 10.3. The molecule has 1 heterocycles. The van der Waals surface area contributed by atoms with Gasteiger partial charge in [0.05, 0.1) is 6.04 Å². The quantitative estimate of drug-likeness (QED) is 0.873. The van der Waals surface area contributed by atoms with Gasteiger partial charge in [0.2, 0.25) is 5.91 Å². The van der Waals surface area contributed by atoms with Crippen molar-refractivity contribution in [2.45, 2.75) is 46.1 Å². The van der Waals surface area contributed by atoms with Crippen molar-refractivity contribution in [2.75, 3.05) is 13.1 Å². The molecule has 1 aromatic rings. The van der Waals surface area contributed by atoms with Gasteiger partial charge in [-0.1, -0.05) is 51.1 Å². The third-order valence-electron chi connectivity index (χ3n) is 4.82. The summed E-state index contributed by atoms with van der Waals surface area (Å²) in [6.07, 6.45) is 3.21. The summed E-state index contributed by atoms with van der Waals surface area (Å²) in [5.41, 5.74) is 0.862. The molecule has 0 aliphatic carbocycles. The molecular weight excluding hydrogens is 260 g/mol. The lowest BCUT2D eigenvalue weighted by Crippen LogP contribution is -2.48. The molecule has 0 saturated carbocycles. The van der Waals surface area contributed by atoms with Gasteiger partial charge in [-0.05, 0) is 43.8 Å². The Hall–Kier alpha value is -1.35. The Balaban J connectivity index is 2.04. The average molecular weight is 288 g/mol. The number of rotatable bonds is 5. The highest BCUT2D eigenvalue weighted by Crippen LogP contribution is 2.33. The first-order chi connectivity index (χ1) is 10.1. The summed E-state index contributed by atoms with van der Waals surface area (Å²) in [5.74, 6) is 0.589. The van der Waals surface area contributed by atoms with E-state index < -0.39 is 0 Å². The van der Waals surface area contributed by atoms with Crippen molar-refractivity contribution < 1.29 is 4.79 Å². The van der Waals surface area contributed by atoms with Crippen LogP contribution in [0.25, 0.3) is 0 Å². The molecule has 0 radical (unpaired) electrons. The third-order valence-corrected chi connectivity index (χ3v) is 4.82. The van der Waals surface area contributed by atoms with Crippen molar-refractivity contribution in [3.05, 3.63) is 35.9 Å². The number of piperidine rings is 1. The van der Waals surface area contributed by atoms with Crippen molar-refractivity contribution in [3.63, 3.8) is 0 Å². The van der Waals surface area contributed by atoms with E-state index in [1.54, 1.807) is 0 Å². The third kappa shape index (κ3) is 3.85. The normalized spacial score (nSPS) is 20.8. The van der Waals surface area contributed by atoms with Crippen molar-refractivity contribution >= 4 is 5.91 Å². The minimum absolute atomic E-state index is 0.106. The van der Waals surface area contributed by atoms with E-state index in [-0.39, 0.29) is 17.4 Å². The zero-order chi connectivity index (χ0) is 15.3. The first-order valence-corrected chi connectivity index (χ1v) is 8.12. The number of benzene rings is 1. The van der Waals surface area contributed by atoms with Crippen LogP contribution in [0.4, 0.5) is 0 Å². The maximum absolute atomic E-state index is 12.8. The number of hydrogen-bond donors (Lipinski definition) is 2. The lowest BCUT2D eigenvalue weighted by atomic mass is 9.74. The van der Waals surface area contributed by atoms with E-state index in [4.69, 9.17) is 0 Å². The molecule has 1 aromatic carbocycles. The van der Waals surface area contributed by atoms with Crippen LogP contribution in [0, 0.1) is 11.3 Å². The molecule has 0 bridgehead atoms. The first-order valence-electron chi connectivity index (χ1n) is 8.12. The molecule has 1 aliphatic heterocycles. The molecular formula is C18H28N2O. The molecule has 2 rings (SSSR count). The van der Waals surface area contributed by atoms with Crippen LogP contribution >= 0.6 is 0 Å². The number of carbonyl (C=O) groups is 1. The Morgan fingerprint density at radius 1 is 1.38 bits per heavy atom. The van der Waals surface area contributed by atoms with E-state index in [9.17, 15) is 4.79 Å². The van der Waals surface area contributed by atoms with Crippen LogP contribution in [0.1, 0.15) is 51.6 Å². The lowest BCUT2D eigenvalue weighted by Gasteiger charge is -2.37. The fraction of sp³-hybridized carbons (Fsp3) is 0.611. The van der Waals surface area contributed by atoms with Crippen LogP contribution in [-0.2, 0) is 4.79 Å². The predicted octanol–water partition coefficient (Wildman–Crippen LogP) is 3.28. The zero-order valence-electron chi connectivity index (χ0n) is 13.5. The van der Waals surface area contributed by atoms with E-state index in [0.29, 0.717) is 5.92 Å². The number of nitrogens with one attached hydrogen (secondary N) is 2. The molecule has 1 saturated heterocycles. The maximum atomic E-state index is 12.8. The summed E-state index contributed by atoms with van der Waals surface area (Å²) in [6.45, 7) is 8.31. The molecule has 1 aliphatic rings. The monoisotopic (exact) mass is 288 g/mol. The molecule has 2 N–H and O–H groups in total. The SMILES string of the molecule is CCC(NC(=O)C(C)(C)C1CCCNC1)c1ccccc1. The zero-order valence-corrected chi connectivity index (χ0v) is 13.5. The molecule has 2 atom stereocenters. The Labute approximate surface area is 128 Å². The van der Waals surface area contributed by atoms with E-state index in [0.717, 1.165) is 32.4 Å². The number of hydrogen-bond acceptors (Lipinski definition) is 2. The average Bonchev–Trinajstić information content (AvgIpc) is 2.54. The number of carbonyl (C=O) groups excluding carboxylic acids is 1. The molecule has 2 unspecified atom stereocenters. The first kappa shape index (κ1) is 16.0. The van der Waals surface area contributed by atoms with Crippen LogP contribution in [0.3, 0.4) is 0 Å². The van der Waals surface area contributed by atoms with Gasteiger partial charge in [-0.2, -0.15) is 0 Å². The molecule has 0 aromatic heterocycles. The van der Waals surface area contributed by atoms with Crippen molar-refractivity contribution in [1.82, 2.24) is 10.6 Å². The minimum Gasteiger partial charge on any atom is -0.349 e. The van der Waals surface area contributed by atoms with Gasteiger partial charge in [0.15, 0.2) is 0 Å². The van der Waals surface area contributed by atoms with Crippen molar-refractivity contribution in [1.29, 1.82) is 0 Å². The Bertz CT molecular complexity index is 450. The summed E-state index contributed by atoms with van der Waals surface area (Å²) < 4.78 is 0. The Morgan fingerprint density at radius 2 is 2.10 bits per heavy atom. The highest BCUT2D eigenvalue weighted by molar-refractivity contribution is 5.82. The summed E-state index contributed by atoms with van der Waals surface area (Å²) >= 11 is 0. The van der Waals surface area contributed by atoms with E-state index >= 15 is 0 Å². The van der Waals surface area contributed by atoms with Gasteiger partial charge in [-0.25, -0.2) is 0 Å². The topological polar surface area (TPSA) is 41.1 Å². The molecule has 0 spiro atoms. The molecule has 1 fully saturated rings. The van der Waals surface area contributed by atoms with Crippen LogP contribution in [0.5, 0.6) is 0 Å². The van der Waals surface area contributed by atoms with E-state index in [2.05, 4.69) is 43.5 Å². The summed E-state index contributed by atoms with van der Waals surface area (Å²) in [7, 11) is 0. The maximum Gasteiger partial charge on any atom is 0.226 e. The molecule has 21 heavy (non-hydrogen) atoms. The standard InChI is InChI=1S/C18H28N2O/c1-4-16(14-9-6-5-7-10-14)20-17(21)18(2,3)15-11-8-12-19-13-15/h5-7,9-10,15-16,19H,4,8,11-13H2,1-3H3,(H,20,21). The molecule has 3 nitrogen and oxygen atoms in total. The second-order valence-corrected chi connectivity index (χ2v) is 6.61. The Morgan fingerprint density at radius 3 is 2.67 bits per heavy atom. The molecule has 116 valence electrons. The van der Waals surface area contributed by atoms with Crippen LogP contribution < -0.4 is 10.6 Å². The fourth-order valence-corrected chi connectivity index (χ4v) is 3.10. The van der Waals surface area contributed by atoms with Gasteiger partial charge in [0, 0.05) is 5.41 Å². The largest absolute Gasteiger partial charge is 0.349 e. The second-order valence-electron chi connectivity index (χ2n) is 6.61. The molecule has 1 amide bonds. The van der Waals surface area contributed by atoms with Crippen LogP contribution in [0.2, 0.25) is 0 Å². The smallest absolute Gasteiger partial charge is 0.226 e.